The molecule has 3 aromatic rings. The zero-order chi connectivity index (χ0) is 29.8. The number of hydrogen-bond donors (Lipinski definition) is 3. The second-order valence-electron chi connectivity index (χ2n) is 8.73. The highest BCUT2D eigenvalue weighted by Crippen LogP contribution is 2.28. The van der Waals surface area contributed by atoms with E-state index in [9.17, 15) is 26.4 Å². The molecule has 214 valence electrons. The van der Waals surface area contributed by atoms with Gasteiger partial charge >= 0.3 is 12.1 Å². The van der Waals surface area contributed by atoms with Crippen LogP contribution < -0.4 is 10.5 Å². The Labute approximate surface area is 227 Å². The van der Waals surface area contributed by atoms with Crippen LogP contribution >= 0.6 is 0 Å². The number of sulfonamides is 1. The summed E-state index contributed by atoms with van der Waals surface area (Å²) < 4.78 is 64.8. The molecule has 1 saturated heterocycles. The highest BCUT2D eigenvalue weighted by Gasteiger charge is 2.40. The summed E-state index contributed by atoms with van der Waals surface area (Å²) in [7, 11) is -0.893. The van der Waals surface area contributed by atoms with Gasteiger partial charge in [0.2, 0.25) is 15.9 Å². The average Bonchev–Trinajstić information content (AvgIpc) is 3.26. The molecule has 0 bridgehead atoms. The number of halogens is 3. The molecule has 2 heterocycles. The van der Waals surface area contributed by atoms with E-state index in [2.05, 4.69) is 4.98 Å². The normalized spacial score (nSPS) is 15.6. The topological polar surface area (TPSA) is 167 Å². The number of aromatic nitrogens is 1. The number of nitrogens with zero attached hydrogens (tertiary/aromatic N) is 3. The van der Waals surface area contributed by atoms with Crippen LogP contribution in [0.15, 0.2) is 59.6 Å². The van der Waals surface area contributed by atoms with E-state index in [1.165, 1.54) is 13.2 Å². The molecule has 0 aliphatic carbocycles. The van der Waals surface area contributed by atoms with Gasteiger partial charge in [0, 0.05) is 26.3 Å². The lowest BCUT2D eigenvalue weighted by molar-refractivity contribution is -0.192. The van der Waals surface area contributed by atoms with E-state index in [1.54, 1.807) is 48.4 Å². The number of amides is 1. The number of pyridine rings is 1. The largest absolute Gasteiger partial charge is 0.497 e. The Kier molecular flexibility index (Phi) is 9.00. The molecule has 1 fully saturated rings. The fourth-order valence-corrected chi connectivity index (χ4v) is 5.36. The van der Waals surface area contributed by atoms with Crippen molar-refractivity contribution in [3.8, 4) is 5.75 Å². The molecular formula is C25H26F3N5O6S. The summed E-state index contributed by atoms with van der Waals surface area (Å²) in [6.07, 6.45) is -3.16. The molecule has 11 nitrogen and oxygen atoms in total. The number of likely N-dealkylation sites (tertiary alicyclic amines) is 1. The molecule has 1 atom stereocenters. The first-order valence-electron chi connectivity index (χ1n) is 11.6. The minimum Gasteiger partial charge on any atom is -0.497 e. The number of nitrogens with one attached hydrogen (secondary N) is 1. The maximum absolute atomic E-state index is 13.3. The SMILES string of the molecule is COc1ccc2ccc(S(=O)(=O)N(C)C3CCN(Cc4ccnc(C(=N)N)c4)C3=O)cc2c1.O=C(O)C(F)(F)F. The number of hydrogen-bond acceptors (Lipinski definition) is 7. The zero-order valence-corrected chi connectivity index (χ0v) is 22.2. The molecular weight excluding hydrogens is 555 g/mol. The van der Waals surface area contributed by atoms with Crippen molar-refractivity contribution >= 4 is 38.5 Å². The van der Waals surface area contributed by atoms with Crippen LogP contribution in [0.5, 0.6) is 5.75 Å². The van der Waals surface area contributed by atoms with Crippen molar-refractivity contribution < 1.29 is 41.0 Å². The molecule has 1 aromatic heterocycles. The van der Waals surface area contributed by atoms with Crippen LogP contribution in [0.25, 0.3) is 10.8 Å². The first-order valence-corrected chi connectivity index (χ1v) is 13.0. The van der Waals surface area contributed by atoms with Gasteiger partial charge in [-0.3, -0.25) is 15.2 Å². The van der Waals surface area contributed by atoms with Crippen LogP contribution in [0.1, 0.15) is 17.7 Å². The lowest BCUT2D eigenvalue weighted by atomic mass is 10.1. The van der Waals surface area contributed by atoms with Crippen molar-refractivity contribution in [2.45, 2.75) is 30.1 Å². The quantitative estimate of drug-likeness (QED) is 0.283. The molecule has 1 amide bonds. The van der Waals surface area contributed by atoms with Gasteiger partial charge in [-0.25, -0.2) is 13.2 Å². The number of carbonyl (C=O) groups is 2. The first-order chi connectivity index (χ1) is 18.6. The monoisotopic (exact) mass is 581 g/mol. The highest BCUT2D eigenvalue weighted by molar-refractivity contribution is 7.89. The van der Waals surface area contributed by atoms with Crippen molar-refractivity contribution in [3.63, 3.8) is 0 Å². The number of nitrogen functional groups attached to an aromatic ring is 1. The van der Waals surface area contributed by atoms with Gasteiger partial charge in [0.15, 0.2) is 0 Å². The third-order valence-electron chi connectivity index (χ3n) is 6.12. The number of carboxylic acid groups (broad SMARTS) is 1. The van der Waals surface area contributed by atoms with Gasteiger partial charge in [-0.15, -0.1) is 0 Å². The zero-order valence-electron chi connectivity index (χ0n) is 21.3. The minimum absolute atomic E-state index is 0.122. The molecule has 1 unspecified atom stereocenters. The van der Waals surface area contributed by atoms with Gasteiger partial charge in [0.1, 0.15) is 23.3 Å². The third-order valence-corrected chi connectivity index (χ3v) is 7.98. The smallest absolute Gasteiger partial charge is 0.490 e. The predicted molar refractivity (Wildman–Crippen MR) is 138 cm³/mol. The Balaban J connectivity index is 0.000000559. The van der Waals surface area contributed by atoms with Crippen molar-refractivity contribution in [1.29, 1.82) is 5.41 Å². The summed E-state index contributed by atoms with van der Waals surface area (Å²) >= 11 is 0. The molecule has 1 aliphatic heterocycles. The fourth-order valence-electron chi connectivity index (χ4n) is 3.98. The number of fused-ring (bicyclic) bond motifs is 1. The molecule has 4 rings (SSSR count). The predicted octanol–water partition coefficient (Wildman–Crippen LogP) is 2.58. The Morgan fingerprint density at radius 1 is 1.20 bits per heavy atom. The van der Waals surface area contributed by atoms with Gasteiger partial charge in [0.05, 0.1) is 12.0 Å². The number of nitrogens with two attached hydrogens (primary N) is 1. The number of alkyl halides is 3. The summed E-state index contributed by atoms with van der Waals surface area (Å²) in [5.41, 5.74) is 6.61. The Morgan fingerprint density at radius 3 is 2.45 bits per heavy atom. The van der Waals surface area contributed by atoms with Crippen LogP contribution in [0.2, 0.25) is 0 Å². The number of ether oxygens (including phenoxy) is 1. The Morgan fingerprint density at radius 2 is 1.85 bits per heavy atom. The molecule has 0 spiro atoms. The minimum atomic E-state index is -5.08. The van der Waals surface area contributed by atoms with Gasteiger partial charge in [-0.05, 0) is 59.2 Å². The number of likely N-dealkylation sites (N-methyl/N-ethyl adjacent to an activating group) is 1. The lowest BCUT2D eigenvalue weighted by Gasteiger charge is -2.24. The number of carboxylic acids is 1. The van der Waals surface area contributed by atoms with E-state index in [4.69, 9.17) is 25.8 Å². The maximum Gasteiger partial charge on any atom is 0.490 e. The first kappa shape index (κ1) is 30.3. The molecule has 15 heteroatoms. The Hall–Kier alpha value is -4.24. The fraction of sp³-hybridized carbons (Fsp3) is 0.280. The van der Waals surface area contributed by atoms with E-state index in [1.807, 2.05) is 12.1 Å². The van der Waals surface area contributed by atoms with Crippen molar-refractivity contribution in [2.75, 3.05) is 20.7 Å². The molecule has 1 aliphatic rings. The molecule has 0 saturated carbocycles. The number of carbonyl (C=O) groups excluding carboxylic acids is 1. The van der Waals surface area contributed by atoms with Crippen LogP contribution in [0, 0.1) is 5.41 Å². The van der Waals surface area contributed by atoms with Gasteiger partial charge in [-0.1, -0.05) is 12.1 Å². The highest BCUT2D eigenvalue weighted by atomic mass is 32.2. The summed E-state index contributed by atoms with van der Waals surface area (Å²) in [4.78, 5) is 27.7. The number of amidine groups is 1. The number of methoxy groups -OCH3 is 1. The maximum atomic E-state index is 13.3. The van der Waals surface area contributed by atoms with E-state index >= 15 is 0 Å². The van der Waals surface area contributed by atoms with Crippen molar-refractivity contribution in [1.82, 2.24) is 14.2 Å². The summed E-state index contributed by atoms with van der Waals surface area (Å²) in [6.45, 7) is 0.720. The molecule has 2 aromatic carbocycles. The Bertz CT molecular complexity index is 1550. The number of aliphatic carboxylic acids is 1. The summed E-state index contributed by atoms with van der Waals surface area (Å²) in [5.74, 6) is -2.53. The van der Waals surface area contributed by atoms with E-state index in [-0.39, 0.29) is 16.6 Å². The standard InChI is InChI=1S/C23H25N5O4S.C2HF3O2/c1-27(33(30,31)19-6-4-16-3-5-18(32-2)12-17(16)13-19)21-8-10-28(23(21)29)14-15-7-9-26-20(11-15)22(24)25;3-2(4,5)1(6)7/h3-7,9,11-13,21H,8,10,14H2,1-2H3,(H3,24,25);(H,6,7). The van der Waals surface area contributed by atoms with Crippen molar-refractivity contribution in [2.24, 2.45) is 5.73 Å². The summed E-state index contributed by atoms with van der Waals surface area (Å²) in [5, 5.41) is 16.3. The van der Waals surface area contributed by atoms with Gasteiger partial charge in [0.25, 0.3) is 0 Å². The molecule has 40 heavy (non-hydrogen) atoms. The van der Waals surface area contributed by atoms with Crippen LogP contribution in [-0.4, -0.2) is 78.3 Å². The second kappa shape index (κ2) is 11.9. The van der Waals surface area contributed by atoms with Crippen LogP contribution in [0.4, 0.5) is 13.2 Å². The lowest BCUT2D eigenvalue weighted by Crippen LogP contribution is -2.42. The van der Waals surface area contributed by atoms with E-state index < -0.39 is 28.2 Å². The third kappa shape index (κ3) is 6.84. The molecule has 4 N–H and O–H groups in total. The number of benzene rings is 2. The number of rotatable bonds is 7. The van der Waals surface area contributed by atoms with Crippen molar-refractivity contribution in [3.05, 3.63) is 66.0 Å². The average molecular weight is 582 g/mol. The summed E-state index contributed by atoms with van der Waals surface area (Å²) in [6, 6.07) is 13.0. The van der Waals surface area contributed by atoms with Gasteiger partial charge in [-0.2, -0.15) is 17.5 Å². The van der Waals surface area contributed by atoms with E-state index in [0.717, 1.165) is 20.6 Å². The molecule has 0 radical (unpaired) electrons. The van der Waals surface area contributed by atoms with Gasteiger partial charge < -0.3 is 20.5 Å². The second-order valence-corrected chi connectivity index (χ2v) is 10.7. The van der Waals surface area contributed by atoms with Crippen LogP contribution in [0.3, 0.4) is 0 Å². The van der Waals surface area contributed by atoms with E-state index in [0.29, 0.717) is 31.0 Å². The van der Waals surface area contributed by atoms with Crippen LogP contribution in [-0.2, 0) is 26.2 Å².